The lowest BCUT2D eigenvalue weighted by molar-refractivity contribution is 0.940. The van der Waals surface area contributed by atoms with Crippen molar-refractivity contribution in [3.8, 4) is 6.07 Å². The number of nitriles is 1. The molecular formula is C18H23ClN6. The van der Waals surface area contributed by atoms with Gasteiger partial charge in [-0.1, -0.05) is 6.07 Å². The largest absolute Gasteiger partial charge is 0.384 e. The number of anilines is 2. The quantitative estimate of drug-likeness (QED) is 0.773. The number of halogens is 1. The SMILES string of the molecule is Cl.N#Cc1ccc(N)nc1C1CC1.NCc1ccc(N)nc1C1CC1. The maximum Gasteiger partial charge on any atom is 0.123 e. The van der Waals surface area contributed by atoms with Crippen LogP contribution >= 0.6 is 12.4 Å². The van der Waals surface area contributed by atoms with Crippen LogP contribution in [0.15, 0.2) is 24.3 Å². The molecule has 4 rings (SSSR count). The summed E-state index contributed by atoms with van der Waals surface area (Å²) in [6.45, 7) is 0.569. The number of hydrogen-bond acceptors (Lipinski definition) is 6. The zero-order chi connectivity index (χ0) is 17.1. The molecule has 7 heteroatoms. The van der Waals surface area contributed by atoms with Gasteiger partial charge in [0.2, 0.25) is 0 Å². The number of hydrogen-bond donors (Lipinski definition) is 3. The molecule has 2 saturated carbocycles. The molecule has 2 aromatic rings. The smallest absolute Gasteiger partial charge is 0.123 e. The van der Waals surface area contributed by atoms with Gasteiger partial charge >= 0.3 is 0 Å². The summed E-state index contributed by atoms with van der Waals surface area (Å²) < 4.78 is 0. The maximum atomic E-state index is 8.76. The van der Waals surface area contributed by atoms with Crippen molar-refractivity contribution in [2.45, 2.75) is 44.1 Å². The standard InChI is InChI=1S/C9H13N3.C9H9N3.ClH/c2*10-5-7-3-4-8(11)12-9(7)6-1-2-6;/h3-4,6H,1-2,5,10H2,(H2,11,12);3-4,6H,1-2H2,(H2,11,12);1H. The van der Waals surface area contributed by atoms with E-state index in [1.54, 1.807) is 12.1 Å². The fourth-order valence-electron chi connectivity index (χ4n) is 2.66. The summed E-state index contributed by atoms with van der Waals surface area (Å²) >= 11 is 0. The first kappa shape index (κ1) is 19.0. The van der Waals surface area contributed by atoms with E-state index in [0.717, 1.165) is 29.8 Å². The zero-order valence-electron chi connectivity index (χ0n) is 14.0. The second-order valence-electron chi connectivity index (χ2n) is 6.31. The van der Waals surface area contributed by atoms with Gasteiger partial charge in [0, 0.05) is 18.4 Å². The molecule has 0 unspecified atom stereocenters. The van der Waals surface area contributed by atoms with Crippen molar-refractivity contribution < 1.29 is 0 Å². The molecule has 0 aliphatic heterocycles. The van der Waals surface area contributed by atoms with E-state index < -0.39 is 0 Å². The highest BCUT2D eigenvalue weighted by Gasteiger charge is 2.28. The van der Waals surface area contributed by atoms with Gasteiger partial charge in [-0.25, -0.2) is 9.97 Å². The molecule has 0 amide bonds. The summed E-state index contributed by atoms with van der Waals surface area (Å²) in [5, 5.41) is 8.76. The van der Waals surface area contributed by atoms with E-state index >= 15 is 0 Å². The van der Waals surface area contributed by atoms with Gasteiger partial charge in [-0.05, 0) is 49.4 Å². The number of nitrogens with two attached hydrogens (primary N) is 3. The number of nitrogen functional groups attached to an aromatic ring is 2. The molecule has 0 radical (unpaired) electrons. The third-order valence-electron chi connectivity index (χ3n) is 4.25. The molecule has 0 saturated heterocycles. The normalized spacial score (nSPS) is 15.4. The number of aromatic nitrogens is 2. The average Bonchev–Trinajstić information content (AvgIpc) is 3.49. The third-order valence-corrected chi connectivity index (χ3v) is 4.25. The Morgan fingerprint density at radius 2 is 1.44 bits per heavy atom. The van der Waals surface area contributed by atoms with Crippen LogP contribution in [-0.2, 0) is 6.54 Å². The first-order valence-electron chi connectivity index (χ1n) is 8.24. The molecule has 2 heterocycles. The molecule has 0 bridgehead atoms. The fraction of sp³-hybridized carbons (Fsp3) is 0.389. The second kappa shape index (κ2) is 8.15. The Kier molecular flexibility index (Phi) is 6.18. The minimum Gasteiger partial charge on any atom is -0.384 e. The van der Waals surface area contributed by atoms with Gasteiger partial charge in [0.15, 0.2) is 0 Å². The fourth-order valence-corrected chi connectivity index (χ4v) is 2.66. The van der Waals surface area contributed by atoms with Crippen molar-refractivity contribution in [1.82, 2.24) is 9.97 Å². The van der Waals surface area contributed by atoms with Crippen LogP contribution in [0.2, 0.25) is 0 Å². The van der Waals surface area contributed by atoms with Gasteiger partial charge in [-0.3, -0.25) is 0 Å². The topological polar surface area (TPSA) is 128 Å². The van der Waals surface area contributed by atoms with Crippen LogP contribution in [0.3, 0.4) is 0 Å². The molecule has 0 atom stereocenters. The monoisotopic (exact) mass is 358 g/mol. The van der Waals surface area contributed by atoms with Crippen molar-refractivity contribution in [1.29, 1.82) is 5.26 Å². The highest BCUT2D eigenvalue weighted by Crippen LogP contribution is 2.41. The Bertz CT molecular complexity index is 778. The third kappa shape index (κ3) is 4.81. The Morgan fingerprint density at radius 3 is 1.96 bits per heavy atom. The Labute approximate surface area is 153 Å². The minimum absolute atomic E-state index is 0. The van der Waals surface area contributed by atoms with E-state index in [4.69, 9.17) is 22.5 Å². The van der Waals surface area contributed by atoms with Crippen LogP contribution in [0.25, 0.3) is 0 Å². The van der Waals surface area contributed by atoms with Crippen molar-refractivity contribution in [3.63, 3.8) is 0 Å². The predicted molar refractivity (Wildman–Crippen MR) is 101 cm³/mol. The first-order valence-corrected chi connectivity index (χ1v) is 8.24. The molecule has 0 aromatic carbocycles. The number of nitrogens with zero attached hydrogens (tertiary/aromatic N) is 3. The van der Waals surface area contributed by atoms with Crippen LogP contribution in [0.5, 0.6) is 0 Å². The van der Waals surface area contributed by atoms with Gasteiger partial charge in [-0.2, -0.15) is 5.26 Å². The second-order valence-corrected chi connectivity index (χ2v) is 6.31. The van der Waals surface area contributed by atoms with Crippen LogP contribution in [-0.4, -0.2) is 9.97 Å². The van der Waals surface area contributed by atoms with E-state index in [-0.39, 0.29) is 12.4 Å². The van der Waals surface area contributed by atoms with E-state index in [9.17, 15) is 0 Å². The summed E-state index contributed by atoms with van der Waals surface area (Å²) in [4.78, 5) is 8.46. The van der Waals surface area contributed by atoms with Crippen molar-refractivity contribution in [2.24, 2.45) is 5.73 Å². The van der Waals surface area contributed by atoms with Gasteiger partial charge in [-0.15, -0.1) is 12.4 Å². The van der Waals surface area contributed by atoms with E-state index in [1.807, 2.05) is 12.1 Å². The highest BCUT2D eigenvalue weighted by molar-refractivity contribution is 5.85. The molecule has 6 N–H and O–H groups in total. The van der Waals surface area contributed by atoms with E-state index in [2.05, 4.69) is 16.0 Å². The summed E-state index contributed by atoms with van der Waals surface area (Å²) in [5.41, 5.74) is 20.5. The van der Waals surface area contributed by atoms with Crippen molar-refractivity contribution in [2.75, 3.05) is 11.5 Å². The van der Waals surface area contributed by atoms with Gasteiger partial charge in [0.05, 0.1) is 17.0 Å². The molecule has 2 fully saturated rings. The number of pyridine rings is 2. The summed E-state index contributed by atoms with van der Waals surface area (Å²) in [6.07, 6.45) is 4.77. The molecule has 2 aliphatic rings. The Balaban J connectivity index is 0.000000173. The Hall–Kier alpha value is -2.36. The maximum absolute atomic E-state index is 8.76. The lowest BCUT2D eigenvalue weighted by atomic mass is 10.1. The average molecular weight is 359 g/mol. The van der Waals surface area contributed by atoms with Crippen LogP contribution < -0.4 is 17.2 Å². The predicted octanol–water partition coefficient (Wildman–Crippen LogP) is 2.83. The van der Waals surface area contributed by atoms with Gasteiger partial charge in [0.25, 0.3) is 0 Å². The van der Waals surface area contributed by atoms with Gasteiger partial charge < -0.3 is 17.2 Å². The summed E-state index contributed by atoms with van der Waals surface area (Å²) in [7, 11) is 0. The molecular weight excluding hydrogens is 336 g/mol. The van der Waals surface area contributed by atoms with Crippen LogP contribution in [0, 0.1) is 11.3 Å². The molecule has 6 nitrogen and oxygen atoms in total. The summed E-state index contributed by atoms with van der Waals surface area (Å²) in [6, 6.07) is 9.34. The molecule has 25 heavy (non-hydrogen) atoms. The highest BCUT2D eigenvalue weighted by atomic mass is 35.5. The van der Waals surface area contributed by atoms with Crippen LogP contribution in [0.1, 0.15) is 60.0 Å². The molecule has 2 aliphatic carbocycles. The zero-order valence-corrected chi connectivity index (χ0v) is 14.8. The van der Waals surface area contributed by atoms with E-state index in [0.29, 0.717) is 35.6 Å². The minimum atomic E-state index is 0. The van der Waals surface area contributed by atoms with Crippen molar-refractivity contribution >= 4 is 24.0 Å². The molecule has 0 spiro atoms. The van der Waals surface area contributed by atoms with E-state index in [1.165, 1.54) is 12.8 Å². The first-order chi connectivity index (χ1) is 11.6. The van der Waals surface area contributed by atoms with Gasteiger partial charge in [0.1, 0.15) is 17.7 Å². The number of rotatable bonds is 3. The Morgan fingerprint density at radius 1 is 0.920 bits per heavy atom. The van der Waals surface area contributed by atoms with Crippen molar-refractivity contribution in [3.05, 3.63) is 46.8 Å². The van der Waals surface area contributed by atoms with Crippen LogP contribution in [0.4, 0.5) is 11.6 Å². The molecule has 132 valence electrons. The lowest BCUT2D eigenvalue weighted by Gasteiger charge is -2.05. The lowest BCUT2D eigenvalue weighted by Crippen LogP contribution is -2.04. The summed E-state index contributed by atoms with van der Waals surface area (Å²) in [5.74, 6) is 2.24. The molecule has 2 aromatic heterocycles.